The van der Waals surface area contributed by atoms with Gasteiger partial charge in [0.05, 0.1) is 11.4 Å². The van der Waals surface area contributed by atoms with Gasteiger partial charge >= 0.3 is 0 Å². The van der Waals surface area contributed by atoms with Crippen LogP contribution in [0.1, 0.15) is 43.2 Å². The standard InChI is InChI=1S/C55H44N4/c1-4-14-38(15-5-1)40-18-12-20-42(33-40)52-56-53(43-21-13-19-41(34-43)39-16-6-2-7-17-39)58-54(57-52)44-26-27-51-49(35-44)55(45-29-36-28-37(31-45)32-46(55)30-36)48-24-10-11-25-50(48)59(51)47-22-8-3-9-23-47/h1-27,33-37,45-46H,28-32H2. The van der Waals surface area contributed by atoms with E-state index in [4.69, 9.17) is 15.0 Å². The smallest absolute Gasteiger partial charge is 0.164 e. The van der Waals surface area contributed by atoms with Crippen LogP contribution in [0.3, 0.4) is 0 Å². The summed E-state index contributed by atoms with van der Waals surface area (Å²) in [6.45, 7) is 0. The molecule has 4 nitrogen and oxygen atoms in total. The number of aromatic nitrogens is 3. The van der Waals surface area contributed by atoms with Crippen molar-refractivity contribution in [2.75, 3.05) is 4.90 Å². The zero-order chi connectivity index (χ0) is 38.9. The lowest BCUT2D eigenvalue weighted by Gasteiger charge is -2.64. The molecule has 4 heteroatoms. The maximum atomic E-state index is 5.37. The minimum absolute atomic E-state index is 0.0621. The fraction of sp³-hybridized carbons (Fsp3) is 0.182. The van der Waals surface area contributed by atoms with Crippen LogP contribution in [0.2, 0.25) is 0 Å². The second-order valence-corrected chi connectivity index (χ2v) is 17.3. The van der Waals surface area contributed by atoms with Gasteiger partial charge in [-0.2, -0.15) is 0 Å². The number of benzene rings is 7. The molecule has 4 aliphatic carbocycles. The number of anilines is 3. The highest BCUT2D eigenvalue weighted by Gasteiger charge is 2.61. The van der Waals surface area contributed by atoms with E-state index in [9.17, 15) is 0 Å². The van der Waals surface area contributed by atoms with E-state index in [1.165, 1.54) is 71.4 Å². The zero-order valence-corrected chi connectivity index (χ0v) is 33.0. The highest BCUT2D eigenvalue weighted by atomic mass is 15.2. The molecule has 0 unspecified atom stereocenters. The third-order valence-electron chi connectivity index (χ3n) is 14.1. The Hall–Kier alpha value is -6.65. The fourth-order valence-corrected chi connectivity index (χ4v) is 11.9. The van der Waals surface area contributed by atoms with Gasteiger partial charge in [-0.1, -0.05) is 133 Å². The van der Waals surface area contributed by atoms with Gasteiger partial charge in [0.1, 0.15) is 0 Å². The van der Waals surface area contributed by atoms with Crippen LogP contribution in [0.4, 0.5) is 17.1 Å². The Kier molecular flexibility index (Phi) is 8.01. The summed E-state index contributed by atoms with van der Waals surface area (Å²) < 4.78 is 0. The molecule has 0 N–H and O–H groups in total. The van der Waals surface area contributed by atoms with Crippen molar-refractivity contribution >= 4 is 17.1 Å². The van der Waals surface area contributed by atoms with Crippen molar-refractivity contribution in [1.29, 1.82) is 0 Å². The van der Waals surface area contributed by atoms with Gasteiger partial charge in [0.2, 0.25) is 0 Å². The number of fused-ring (bicyclic) bond motifs is 2. The monoisotopic (exact) mass is 760 g/mol. The third kappa shape index (κ3) is 5.61. The summed E-state index contributed by atoms with van der Waals surface area (Å²) in [4.78, 5) is 18.5. The van der Waals surface area contributed by atoms with Crippen molar-refractivity contribution in [3.05, 3.63) is 193 Å². The van der Waals surface area contributed by atoms with Crippen molar-refractivity contribution in [3.63, 3.8) is 0 Å². The molecule has 4 fully saturated rings. The summed E-state index contributed by atoms with van der Waals surface area (Å²) in [6, 6.07) is 65.7. The normalized spacial score (nSPS) is 22.3. The van der Waals surface area contributed by atoms with Gasteiger partial charge in [-0.05, 0) is 138 Å². The second-order valence-electron chi connectivity index (χ2n) is 17.3. The van der Waals surface area contributed by atoms with E-state index in [0.717, 1.165) is 39.7 Å². The number of para-hydroxylation sites is 2. The van der Waals surface area contributed by atoms with Crippen LogP contribution in [-0.2, 0) is 5.41 Å². The summed E-state index contributed by atoms with van der Waals surface area (Å²) in [7, 11) is 0. The van der Waals surface area contributed by atoms with Crippen LogP contribution in [-0.4, -0.2) is 15.0 Å². The topological polar surface area (TPSA) is 41.9 Å². The predicted octanol–water partition coefficient (Wildman–Crippen LogP) is 13.7. The van der Waals surface area contributed by atoms with Gasteiger partial charge in [-0.3, -0.25) is 0 Å². The third-order valence-corrected chi connectivity index (χ3v) is 14.1. The quantitative estimate of drug-likeness (QED) is 0.169. The molecule has 1 aromatic heterocycles. The molecule has 2 heterocycles. The Bertz CT molecular complexity index is 2720. The summed E-state index contributed by atoms with van der Waals surface area (Å²) in [5.74, 6) is 4.96. The minimum atomic E-state index is -0.0621. The first-order chi connectivity index (χ1) is 29.2. The van der Waals surface area contributed by atoms with Crippen LogP contribution in [0.25, 0.3) is 56.4 Å². The lowest BCUT2D eigenvalue weighted by Crippen LogP contribution is -2.57. The molecule has 284 valence electrons. The molecular weight excluding hydrogens is 717 g/mol. The molecule has 4 bridgehead atoms. The first-order valence-corrected chi connectivity index (χ1v) is 21.4. The van der Waals surface area contributed by atoms with E-state index in [1.807, 2.05) is 0 Å². The summed E-state index contributed by atoms with van der Waals surface area (Å²) in [6.07, 6.45) is 6.66. The summed E-state index contributed by atoms with van der Waals surface area (Å²) >= 11 is 0. The molecule has 1 aliphatic heterocycles. The average molecular weight is 761 g/mol. The Morgan fingerprint density at radius 3 is 1.36 bits per heavy atom. The molecule has 8 aromatic rings. The van der Waals surface area contributed by atoms with Gasteiger partial charge in [-0.15, -0.1) is 0 Å². The van der Waals surface area contributed by atoms with E-state index in [0.29, 0.717) is 29.3 Å². The second kappa shape index (κ2) is 13.7. The van der Waals surface area contributed by atoms with Crippen LogP contribution < -0.4 is 4.90 Å². The van der Waals surface area contributed by atoms with Crippen LogP contribution in [0, 0.1) is 23.7 Å². The van der Waals surface area contributed by atoms with Crippen LogP contribution in [0.5, 0.6) is 0 Å². The van der Waals surface area contributed by atoms with Crippen molar-refractivity contribution in [3.8, 4) is 56.4 Å². The van der Waals surface area contributed by atoms with Gasteiger partial charge in [-0.25, -0.2) is 15.0 Å². The molecule has 13 rings (SSSR count). The van der Waals surface area contributed by atoms with Crippen molar-refractivity contribution in [2.45, 2.75) is 37.5 Å². The van der Waals surface area contributed by atoms with E-state index in [-0.39, 0.29) is 5.41 Å². The first-order valence-electron chi connectivity index (χ1n) is 21.4. The average Bonchev–Trinajstić information content (AvgIpc) is 3.30. The van der Waals surface area contributed by atoms with Gasteiger partial charge in [0, 0.05) is 27.8 Å². The summed E-state index contributed by atoms with van der Waals surface area (Å²) in [5, 5.41) is 0. The fourth-order valence-electron chi connectivity index (χ4n) is 11.9. The molecule has 1 spiro atoms. The molecule has 0 amide bonds. The molecule has 0 radical (unpaired) electrons. The van der Waals surface area contributed by atoms with E-state index >= 15 is 0 Å². The Balaban J connectivity index is 1.07. The molecule has 0 atom stereocenters. The van der Waals surface area contributed by atoms with E-state index in [1.54, 1.807) is 0 Å². The lowest BCUT2D eigenvalue weighted by atomic mass is 9.41. The predicted molar refractivity (Wildman–Crippen MR) is 240 cm³/mol. The molecule has 59 heavy (non-hydrogen) atoms. The Morgan fingerprint density at radius 2 is 0.797 bits per heavy atom. The maximum absolute atomic E-state index is 5.37. The van der Waals surface area contributed by atoms with Gasteiger partial charge in [0.15, 0.2) is 17.5 Å². The number of hydrogen-bond donors (Lipinski definition) is 0. The number of hydrogen-bond acceptors (Lipinski definition) is 4. The maximum Gasteiger partial charge on any atom is 0.164 e. The van der Waals surface area contributed by atoms with Gasteiger partial charge in [0.25, 0.3) is 0 Å². The van der Waals surface area contributed by atoms with Crippen molar-refractivity contribution < 1.29 is 0 Å². The largest absolute Gasteiger partial charge is 0.310 e. The first kappa shape index (κ1) is 34.4. The van der Waals surface area contributed by atoms with Crippen molar-refractivity contribution in [1.82, 2.24) is 15.0 Å². The van der Waals surface area contributed by atoms with Crippen LogP contribution >= 0.6 is 0 Å². The highest BCUT2D eigenvalue weighted by molar-refractivity contribution is 5.88. The van der Waals surface area contributed by atoms with E-state index < -0.39 is 0 Å². The zero-order valence-electron chi connectivity index (χ0n) is 33.0. The molecule has 7 aromatic carbocycles. The highest BCUT2D eigenvalue weighted by Crippen LogP contribution is 2.69. The minimum Gasteiger partial charge on any atom is -0.310 e. The number of rotatable bonds is 6. The Labute approximate surface area is 346 Å². The molecule has 5 aliphatic rings. The molecule has 4 saturated carbocycles. The Morgan fingerprint density at radius 1 is 0.356 bits per heavy atom. The SMILES string of the molecule is c1ccc(-c2cccc(-c3nc(-c4cccc(-c5ccccc5)c4)nc(-c4ccc5c(c4)C4(c6ccccc6N5c5ccccc5)C5CC6CC(C5)CC4C6)n3)c2)cc1. The van der Waals surface area contributed by atoms with Crippen molar-refractivity contribution in [2.24, 2.45) is 23.7 Å². The summed E-state index contributed by atoms with van der Waals surface area (Å²) in [5.41, 5.74) is 14.2. The van der Waals surface area contributed by atoms with Crippen LogP contribution in [0.15, 0.2) is 182 Å². The van der Waals surface area contributed by atoms with Gasteiger partial charge < -0.3 is 4.90 Å². The molecular formula is C55H44N4. The van der Waals surface area contributed by atoms with E-state index in [2.05, 4.69) is 187 Å². The lowest BCUT2D eigenvalue weighted by molar-refractivity contribution is -0.0419. The molecule has 0 saturated heterocycles. The number of nitrogens with zero attached hydrogens (tertiary/aromatic N) is 4.